The largest absolute Gasteiger partial charge is 0.471 e. The van der Waals surface area contributed by atoms with Crippen molar-refractivity contribution in [1.82, 2.24) is 20.2 Å². The van der Waals surface area contributed by atoms with Crippen molar-refractivity contribution in [3.63, 3.8) is 0 Å². The van der Waals surface area contributed by atoms with E-state index in [0.29, 0.717) is 22.4 Å². The minimum absolute atomic E-state index is 0.112. The molecule has 178 valence electrons. The van der Waals surface area contributed by atoms with E-state index in [1.54, 1.807) is 68.0 Å². The van der Waals surface area contributed by atoms with Gasteiger partial charge in [-0.1, -0.05) is 42.0 Å². The Morgan fingerprint density at radius 2 is 1.62 bits per heavy atom. The third kappa shape index (κ3) is 6.87. The number of carbonyl (C=O) groups is 2. The number of aryl methyl sites for hydroxylation is 1. The van der Waals surface area contributed by atoms with Crippen LogP contribution in [0.15, 0.2) is 73.3 Å². The summed E-state index contributed by atoms with van der Waals surface area (Å²) < 4.78 is 40.7. The molecule has 0 saturated heterocycles. The number of nitrogens with one attached hydrogen (secondary N) is 1. The Bertz CT molecular complexity index is 1090. The molecular formula is C25H25F3N4O2. The molecule has 0 bridgehead atoms. The van der Waals surface area contributed by atoms with Gasteiger partial charge in [-0.3, -0.25) is 19.6 Å². The summed E-state index contributed by atoms with van der Waals surface area (Å²) in [7, 11) is 0. The second-order valence-corrected chi connectivity index (χ2v) is 7.83. The Labute approximate surface area is 195 Å². The number of nitrogens with zero attached hydrogens (tertiary/aromatic N) is 3. The molecule has 2 amide bonds. The molecule has 0 spiro atoms. The maximum atomic E-state index is 13.6. The van der Waals surface area contributed by atoms with Crippen molar-refractivity contribution in [3.8, 4) is 0 Å². The van der Waals surface area contributed by atoms with Crippen molar-refractivity contribution < 1.29 is 22.8 Å². The van der Waals surface area contributed by atoms with Crippen LogP contribution in [-0.4, -0.2) is 45.9 Å². The highest BCUT2D eigenvalue weighted by Gasteiger charge is 2.46. The third-order valence-corrected chi connectivity index (χ3v) is 5.22. The predicted molar refractivity (Wildman–Crippen MR) is 121 cm³/mol. The molecule has 2 heterocycles. The molecule has 3 aromatic rings. The average molecular weight is 470 g/mol. The number of hydrogen-bond acceptors (Lipinski definition) is 4. The maximum Gasteiger partial charge on any atom is 0.471 e. The minimum Gasteiger partial charge on any atom is -0.354 e. The van der Waals surface area contributed by atoms with Crippen LogP contribution in [0.2, 0.25) is 0 Å². The Morgan fingerprint density at radius 3 is 2.18 bits per heavy atom. The molecular weight excluding hydrogens is 445 g/mol. The Hall–Kier alpha value is -3.75. The molecule has 1 N–H and O–H groups in total. The van der Waals surface area contributed by atoms with Crippen molar-refractivity contribution in [3.05, 3.63) is 95.6 Å². The smallest absolute Gasteiger partial charge is 0.354 e. The fraction of sp³-hybridized carbons (Fsp3) is 0.280. The van der Waals surface area contributed by atoms with Gasteiger partial charge in [0, 0.05) is 37.9 Å². The number of pyridine rings is 2. The van der Waals surface area contributed by atoms with Crippen molar-refractivity contribution in [2.45, 2.75) is 32.0 Å². The van der Waals surface area contributed by atoms with Crippen LogP contribution in [0.5, 0.6) is 0 Å². The van der Waals surface area contributed by atoms with E-state index >= 15 is 0 Å². The van der Waals surface area contributed by atoms with E-state index in [-0.39, 0.29) is 19.5 Å². The highest BCUT2D eigenvalue weighted by atomic mass is 19.4. The first-order valence-electron chi connectivity index (χ1n) is 10.8. The van der Waals surface area contributed by atoms with Gasteiger partial charge in [-0.2, -0.15) is 13.2 Å². The molecule has 0 aliphatic rings. The molecule has 0 radical (unpaired) electrons. The first-order valence-corrected chi connectivity index (χ1v) is 10.8. The number of carbonyl (C=O) groups excluding carboxylic acids is 2. The van der Waals surface area contributed by atoms with E-state index in [1.807, 2.05) is 6.07 Å². The minimum atomic E-state index is -5.13. The van der Waals surface area contributed by atoms with Gasteiger partial charge in [0.15, 0.2) is 0 Å². The van der Waals surface area contributed by atoms with Crippen LogP contribution in [0, 0.1) is 6.92 Å². The fourth-order valence-electron chi connectivity index (χ4n) is 3.59. The van der Waals surface area contributed by atoms with Gasteiger partial charge in [0.1, 0.15) is 6.04 Å². The lowest BCUT2D eigenvalue weighted by Gasteiger charge is -2.32. The zero-order valence-corrected chi connectivity index (χ0v) is 18.6. The monoisotopic (exact) mass is 470 g/mol. The number of hydrogen-bond donors (Lipinski definition) is 1. The zero-order chi connectivity index (χ0) is 24.6. The summed E-state index contributed by atoms with van der Waals surface area (Å²) in [4.78, 5) is 34.3. The highest BCUT2D eigenvalue weighted by Crippen LogP contribution is 2.28. The zero-order valence-electron chi connectivity index (χ0n) is 18.6. The Morgan fingerprint density at radius 1 is 0.971 bits per heavy atom. The number of rotatable bonds is 9. The van der Waals surface area contributed by atoms with Gasteiger partial charge in [0.05, 0.1) is 0 Å². The van der Waals surface area contributed by atoms with Crippen LogP contribution < -0.4 is 5.32 Å². The Balaban J connectivity index is 1.88. The molecule has 3 rings (SSSR count). The first kappa shape index (κ1) is 24.9. The van der Waals surface area contributed by atoms with Crippen LogP contribution >= 0.6 is 0 Å². The van der Waals surface area contributed by atoms with Gasteiger partial charge in [0.25, 0.3) is 0 Å². The summed E-state index contributed by atoms with van der Waals surface area (Å²) >= 11 is 0. The SMILES string of the molecule is Cc1cccc(C(C(=O)NCCc2cccnc2)N(CCc2cccnc2)C(=O)C(F)(F)F)c1. The van der Waals surface area contributed by atoms with E-state index in [0.717, 1.165) is 11.1 Å². The van der Waals surface area contributed by atoms with Gasteiger partial charge in [-0.25, -0.2) is 0 Å². The molecule has 6 nitrogen and oxygen atoms in total. The molecule has 34 heavy (non-hydrogen) atoms. The van der Waals surface area contributed by atoms with Gasteiger partial charge in [-0.15, -0.1) is 0 Å². The van der Waals surface area contributed by atoms with Crippen LogP contribution in [0.4, 0.5) is 13.2 Å². The van der Waals surface area contributed by atoms with Crippen molar-refractivity contribution in [2.24, 2.45) is 0 Å². The van der Waals surface area contributed by atoms with Gasteiger partial charge >= 0.3 is 12.1 Å². The maximum absolute atomic E-state index is 13.6. The van der Waals surface area contributed by atoms with Crippen LogP contribution in [0.3, 0.4) is 0 Å². The van der Waals surface area contributed by atoms with E-state index in [1.165, 1.54) is 6.20 Å². The third-order valence-electron chi connectivity index (χ3n) is 5.22. The first-order chi connectivity index (χ1) is 16.3. The summed E-state index contributed by atoms with van der Waals surface area (Å²) in [5.74, 6) is -2.75. The summed E-state index contributed by atoms with van der Waals surface area (Å²) in [6, 6.07) is 12.1. The molecule has 1 unspecified atom stereocenters. The molecule has 9 heteroatoms. The molecule has 0 aliphatic heterocycles. The van der Waals surface area contributed by atoms with Crippen molar-refractivity contribution in [1.29, 1.82) is 0 Å². The number of benzene rings is 1. The number of amides is 2. The summed E-state index contributed by atoms with van der Waals surface area (Å²) in [6.45, 7) is 1.65. The normalized spacial score (nSPS) is 12.1. The lowest BCUT2D eigenvalue weighted by atomic mass is 10.0. The molecule has 1 aromatic carbocycles. The van der Waals surface area contributed by atoms with E-state index in [9.17, 15) is 22.8 Å². The molecule has 0 saturated carbocycles. The second kappa shape index (κ2) is 11.4. The topological polar surface area (TPSA) is 75.2 Å². The number of alkyl halides is 3. The van der Waals surface area contributed by atoms with E-state index in [2.05, 4.69) is 15.3 Å². The molecule has 2 aromatic heterocycles. The lowest BCUT2D eigenvalue weighted by molar-refractivity contribution is -0.188. The predicted octanol–water partition coefficient (Wildman–Crippen LogP) is 3.82. The lowest BCUT2D eigenvalue weighted by Crippen LogP contribution is -2.49. The summed E-state index contributed by atoms with van der Waals surface area (Å²) in [5.41, 5.74) is 2.59. The fourth-order valence-corrected chi connectivity index (χ4v) is 3.59. The highest BCUT2D eigenvalue weighted by molar-refractivity contribution is 5.90. The number of halogens is 3. The number of aromatic nitrogens is 2. The van der Waals surface area contributed by atoms with E-state index < -0.39 is 24.0 Å². The molecule has 0 fully saturated rings. The average Bonchev–Trinajstić information content (AvgIpc) is 2.82. The van der Waals surface area contributed by atoms with Gasteiger partial charge in [0.2, 0.25) is 5.91 Å². The summed E-state index contributed by atoms with van der Waals surface area (Å²) in [5, 5.41) is 2.69. The van der Waals surface area contributed by atoms with Gasteiger partial charge in [-0.05, 0) is 48.6 Å². The standard InChI is InChI=1S/C25H25F3N4O2/c1-18-5-2-8-21(15-18)22(23(33)31-13-9-19-6-3-11-29-16-19)32(24(34)25(26,27)28)14-10-20-7-4-12-30-17-20/h2-8,11-12,15-17,22H,9-10,13-14H2,1H3,(H,31,33). The van der Waals surface area contributed by atoms with Crippen LogP contribution in [0.25, 0.3) is 0 Å². The summed E-state index contributed by atoms with van der Waals surface area (Å²) in [6.07, 6.45) is 1.77. The molecule has 0 aliphatic carbocycles. The van der Waals surface area contributed by atoms with Crippen molar-refractivity contribution >= 4 is 11.8 Å². The van der Waals surface area contributed by atoms with Gasteiger partial charge < -0.3 is 10.2 Å². The quantitative estimate of drug-likeness (QED) is 0.516. The van der Waals surface area contributed by atoms with Crippen LogP contribution in [0.1, 0.15) is 28.3 Å². The Kier molecular flexibility index (Phi) is 8.34. The molecule has 1 atom stereocenters. The van der Waals surface area contributed by atoms with Crippen molar-refractivity contribution in [2.75, 3.05) is 13.1 Å². The second-order valence-electron chi connectivity index (χ2n) is 7.83. The van der Waals surface area contributed by atoms with Crippen LogP contribution in [-0.2, 0) is 22.4 Å². The van der Waals surface area contributed by atoms with E-state index in [4.69, 9.17) is 0 Å².